The molecule has 0 aliphatic carbocycles. The maximum absolute atomic E-state index is 13.4. The first-order chi connectivity index (χ1) is 14.1. The predicted molar refractivity (Wildman–Crippen MR) is 122 cm³/mol. The van der Waals surface area contributed by atoms with Crippen LogP contribution in [0.15, 0.2) is 29.1 Å². The summed E-state index contributed by atoms with van der Waals surface area (Å²) < 4.78 is 17.2. The van der Waals surface area contributed by atoms with Crippen molar-refractivity contribution in [1.82, 2.24) is 19.3 Å². The van der Waals surface area contributed by atoms with E-state index in [1.54, 1.807) is 10.6 Å². The lowest BCUT2D eigenvalue weighted by Crippen LogP contribution is -2.40. The van der Waals surface area contributed by atoms with E-state index < -0.39 is 16.1 Å². The molecule has 3 aromatic rings. The van der Waals surface area contributed by atoms with Crippen molar-refractivity contribution in [3.63, 3.8) is 0 Å². The summed E-state index contributed by atoms with van der Waals surface area (Å²) in [5.41, 5.74) is 4.07. The molecule has 1 unspecified atom stereocenters. The number of aryl methyl sites for hydroxylation is 2. The predicted octanol–water partition coefficient (Wildman–Crippen LogP) is 4.09. The Balaban J connectivity index is 1.91. The molecule has 158 valence electrons. The van der Waals surface area contributed by atoms with Crippen LogP contribution in [0.4, 0.5) is 0 Å². The Hall–Kier alpha value is -1.93. The van der Waals surface area contributed by atoms with Crippen LogP contribution in [0.1, 0.15) is 50.6 Å². The Morgan fingerprint density at radius 2 is 2.00 bits per heavy atom. The Morgan fingerprint density at radius 3 is 2.70 bits per heavy atom. The largest absolute Gasteiger partial charge is 0.598 e. The molecule has 0 fully saturated rings. The number of halogens is 1. The van der Waals surface area contributed by atoms with Crippen molar-refractivity contribution in [3.05, 3.63) is 56.6 Å². The van der Waals surface area contributed by atoms with E-state index in [2.05, 4.69) is 9.71 Å². The monoisotopic (exact) mass is 444 g/mol. The van der Waals surface area contributed by atoms with Crippen molar-refractivity contribution in [3.8, 4) is 11.4 Å². The van der Waals surface area contributed by atoms with Crippen LogP contribution in [0, 0.1) is 6.92 Å². The Labute approximate surface area is 184 Å². The highest BCUT2D eigenvalue weighted by molar-refractivity contribution is 7.90. The van der Waals surface area contributed by atoms with Crippen molar-refractivity contribution >= 4 is 33.9 Å². The quantitative estimate of drug-likeness (QED) is 0.486. The van der Waals surface area contributed by atoms with Crippen molar-refractivity contribution in [2.75, 3.05) is 0 Å². The van der Waals surface area contributed by atoms with Crippen molar-refractivity contribution in [2.45, 2.75) is 58.4 Å². The maximum atomic E-state index is 13.4. The molecule has 2 aromatic heterocycles. The number of rotatable bonds is 3. The lowest BCUT2D eigenvalue weighted by atomic mass is 10.0. The molecule has 0 radical (unpaired) electrons. The van der Waals surface area contributed by atoms with Gasteiger partial charge in [0, 0.05) is 35.5 Å². The van der Waals surface area contributed by atoms with E-state index in [1.165, 1.54) is 0 Å². The van der Waals surface area contributed by atoms with Gasteiger partial charge < -0.3 is 4.55 Å². The molecule has 1 aliphatic rings. The maximum Gasteiger partial charge on any atom is 0.261 e. The van der Waals surface area contributed by atoms with Gasteiger partial charge in [0.05, 0.1) is 22.6 Å². The summed E-state index contributed by atoms with van der Waals surface area (Å²) in [7, 11) is 0. The van der Waals surface area contributed by atoms with Gasteiger partial charge >= 0.3 is 0 Å². The Morgan fingerprint density at radius 1 is 1.27 bits per heavy atom. The van der Waals surface area contributed by atoms with Crippen molar-refractivity contribution < 1.29 is 4.55 Å². The molecule has 1 N–H and O–H groups in total. The van der Waals surface area contributed by atoms with E-state index in [-0.39, 0.29) is 11.6 Å². The Bertz CT molecular complexity index is 1200. The number of nitrogens with one attached hydrogen (secondary N) is 1. The first-order valence-electron chi connectivity index (χ1n) is 9.95. The average molecular weight is 445 g/mol. The van der Waals surface area contributed by atoms with Crippen LogP contribution in [0.3, 0.4) is 0 Å². The molecule has 6 nitrogen and oxygen atoms in total. The van der Waals surface area contributed by atoms with E-state index in [1.807, 2.05) is 52.8 Å². The standard InChI is InChI=1S/C22H25ClN4O2S/c1-12-10-15(13(2)26-30(29)22(3,4)5)19-16(11-12)21(28)27-9-8-17-14(20(27)25-19)6-7-18(23)24-17/h6-7,10-11,13,26H,8-9H2,1-5H3/t13-,30?/m1/s1. The molecular formula is C22H25ClN4O2S. The fourth-order valence-electron chi connectivity index (χ4n) is 3.73. The SMILES string of the molecule is Cc1cc([C@@H](C)N[S+]([O-])C(C)(C)C)c2nc3n(c(=O)c2c1)CCc1nc(Cl)ccc1-3. The van der Waals surface area contributed by atoms with E-state index in [9.17, 15) is 9.35 Å². The fraction of sp³-hybridized carbons (Fsp3) is 0.409. The topological polar surface area (TPSA) is 82.9 Å². The normalized spacial score (nSPS) is 15.6. The minimum absolute atomic E-state index is 0.0651. The molecule has 30 heavy (non-hydrogen) atoms. The van der Waals surface area contributed by atoms with Crippen LogP contribution in [0.5, 0.6) is 0 Å². The molecule has 0 spiro atoms. The molecule has 3 heterocycles. The molecule has 0 saturated carbocycles. The lowest BCUT2D eigenvalue weighted by molar-refractivity contribution is 0.531. The molecule has 2 atom stereocenters. The van der Waals surface area contributed by atoms with Gasteiger partial charge in [-0.1, -0.05) is 17.7 Å². The minimum atomic E-state index is -1.25. The van der Waals surface area contributed by atoms with Gasteiger partial charge in [-0.3, -0.25) is 9.36 Å². The van der Waals surface area contributed by atoms with E-state index in [0.717, 1.165) is 22.4 Å². The van der Waals surface area contributed by atoms with Crippen LogP contribution in [-0.4, -0.2) is 23.8 Å². The number of nitrogens with zero attached hydrogens (tertiary/aromatic N) is 3. The van der Waals surface area contributed by atoms with Gasteiger partial charge in [-0.15, -0.1) is 4.72 Å². The number of aromatic nitrogens is 3. The van der Waals surface area contributed by atoms with Gasteiger partial charge in [0.2, 0.25) is 0 Å². The molecule has 0 saturated heterocycles. The van der Waals surface area contributed by atoms with Crippen molar-refractivity contribution in [2.24, 2.45) is 0 Å². The van der Waals surface area contributed by atoms with Gasteiger partial charge in [0.25, 0.3) is 5.56 Å². The third-order valence-corrected chi connectivity index (χ3v) is 7.18. The zero-order chi connectivity index (χ0) is 21.8. The van der Waals surface area contributed by atoms with Gasteiger partial charge in [0.15, 0.2) is 0 Å². The van der Waals surface area contributed by atoms with Gasteiger partial charge in [-0.25, -0.2) is 9.97 Å². The summed E-state index contributed by atoms with van der Waals surface area (Å²) in [6, 6.07) is 7.24. The number of hydrogen-bond acceptors (Lipinski definition) is 5. The number of fused-ring (bicyclic) bond motifs is 4. The number of hydrogen-bond donors (Lipinski definition) is 1. The van der Waals surface area contributed by atoms with Crippen LogP contribution in [-0.2, 0) is 24.3 Å². The molecule has 0 bridgehead atoms. The van der Waals surface area contributed by atoms with Gasteiger partial charge in [-0.2, -0.15) is 0 Å². The average Bonchev–Trinajstić information content (AvgIpc) is 2.67. The molecule has 0 amide bonds. The Kier molecular flexibility index (Phi) is 5.43. The third-order valence-electron chi connectivity index (χ3n) is 5.29. The van der Waals surface area contributed by atoms with Crippen molar-refractivity contribution in [1.29, 1.82) is 0 Å². The van der Waals surface area contributed by atoms with E-state index in [0.29, 0.717) is 34.8 Å². The smallest absolute Gasteiger partial charge is 0.261 e. The summed E-state index contributed by atoms with van der Waals surface area (Å²) in [4.78, 5) is 22.7. The zero-order valence-electron chi connectivity index (χ0n) is 17.7. The second-order valence-corrected chi connectivity index (χ2v) is 11.1. The summed E-state index contributed by atoms with van der Waals surface area (Å²) in [5, 5.41) is 1.01. The summed E-state index contributed by atoms with van der Waals surface area (Å²) in [6.45, 7) is 10.2. The molecule has 1 aromatic carbocycles. The molecule has 4 rings (SSSR count). The highest BCUT2D eigenvalue weighted by Gasteiger charge is 2.30. The second-order valence-electron chi connectivity index (χ2n) is 8.74. The highest BCUT2D eigenvalue weighted by Crippen LogP contribution is 2.31. The van der Waals surface area contributed by atoms with Crippen LogP contribution in [0.2, 0.25) is 5.15 Å². The zero-order valence-corrected chi connectivity index (χ0v) is 19.3. The second kappa shape index (κ2) is 7.64. The summed E-state index contributed by atoms with van der Waals surface area (Å²) >= 11 is 4.81. The van der Waals surface area contributed by atoms with Crippen LogP contribution < -0.4 is 10.3 Å². The first-order valence-corrected chi connectivity index (χ1v) is 11.5. The number of pyridine rings is 1. The van der Waals surface area contributed by atoms with Crippen LogP contribution >= 0.6 is 11.6 Å². The first kappa shape index (κ1) is 21.3. The third kappa shape index (κ3) is 3.75. The number of benzene rings is 1. The molecular weight excluding hydrogens is 420 g/mol. The highest BCUT2D eigenvalue weighted by atomic mass is 35.5. The summed E-state index contributed by atoms with van der Waals surface area (Å²) in [5.74, 6) is 0.604. The van der Waals surface area contributed by atoms with Crippen LogP contribution in [0.25, 0.3) is 22.3 Å². The van der Waals surface area contributed by atoms with E-state index >= 15 is 0 Å². The lowest BCUT2D eigenvalue weighted by Gasteiger charge is -2.27. The summed E-state index contributed by atoms with van der Waals surface area (Å²) in [6.07, 6.45) is 0.636. The van der Waals surface area contributed by atoms with Gasteiger partial charge in [-0.05, 0) is 58.4 Å². The molecule has 1 aliphatic heterocycles. The van der Waals surface area contributed by atoms with Gasteiger partial charge in [0.1, 0.15) is 15.7 Å². The van der Waals surface area contributed by atoms with E-state index in [4.69, 9.17) is 16.6 Å². The molecule has 8 heteroatoms. The fourth-order valence-corrected chi connectivity index (χ4v) is 4.70. The minimum Gasteiger partial charge on any atom is -0.598 e.